The molecule has 0 spiro atoms. The Labute approximate surface area is 107 Å². The molecular formula is C12H11FN2O2S. The van der Waals surface area contributed by atoms with Crippen LogP contribution in [0.25, 0.3) is 0 Å². The molecule has 2 aromatic rings. The summed E-state index contributed by atoms with van der Waals surface area (Å²) in [6.07, 6.45) is 0. The molecule has 0 aliphatic rings. The minimum Gasteiger partial charge on any atom is -0.465 e. The molecule has 1 heterocycles. The highest BCUT2D eigenvalue weighted by atomic mass is 32.1. The molecule has 0 amide bonds. The number of carbonyl (C=O) groups excluding carboxylic acids is 1. The van der Waals surface area contributed by atoms with Crippen molar-refractivity contribution in [3.05, 3.63) is 46.2 Å². The lowest BCUT2D eigenvalue weighted by atomic mass is 10.1. The number of nitrogens with one attached hydrogen (secondary N) is 1. The monoisotopic (exact) mass is 266 g/mol. The van der Waals surface area contributed by atoms with Crippen molar-refractivity contribution in [2.24, 2.45) is 0 Å². The highest BCUT2D eigenvalue weighted by Gasteiger charge is 2.12. The Morgan fingerprint density at radius 1 is 1.56 bits per heavy atom. The first-order valence-electron chi connectivity index (χ1n) is 5.19. The highest BCUT2D eigenvalue weighted by molar-refractivity contribution is 7.07. The van der Waals surface area contributed by atoms with Crippen LogP contribution in [0.1, 0.15) is 16.1 Å². The number of hydrogen-bond acceptors (Lipinski definition) is 5. The summed E-state index contributed by atoms with van der Waals surface area (Å²) in [6, 6.07) is 3.88. The normalized spacial score (nSPS) is 10.1. The van der Waals surface area contributed by atoms with Gasteiger partial charge in [0.2, 0.25) is 0 Å². The number of rotatable bonds is 4. The van der Waals surface area contributed by atoms with Crippen LogP contribution in [0.15, 0.2) is 29.1 Å². The lowest BCUT2D eigenvalue weighted by molar-refractivity contribution is 0.0602. The first-order valence-corrected chi connectivity index (χ1v) is 6.14. The Hall–Kier alpha value is -1.95. The van der Waals surface area contributed by atoms with E-state index in [1.165, 1.54) is 36.6 Å². The molecule has 0 bridgehead atoms. The van der Waals surface area contributed by atoms with Crippen LogP contribution in [-0.2, 0) is 11.3 Å². The molecule has 0 unspecified atom stereocenters. The number of anilines is 1. The molecule has 4 nitrogen and oxygen atoms in total. The number of aromatic nitrogens is 1. The fourth-order valence-electron chi connectivity index (χ4n) is 1.46. The standard InChI is InChI=1S/C12H11FN2O2S/c1-17-12(16)10-3-2-8(13)4-11(10)14-5-9-6-18-7-15-9/h2-4,6-7,14H,5H2,1H3. The lowest BCUT2D eigenvalue weighted by Crippen LogP contribution is -2.08. The second kappa shape index (κ2) is 5.59. The fourth-order valence-corrected chi connectivity index (χ4v) is 2.02. The first kappa shape index (κ1) is 12.5. The van der Waals surface area contributed by atoms with Crippen LogP contribution in [-0.4, -0.2) is 18.1 Å². The second-order valence-corrected chi connectivity index (χ2v) is 4.23. The van der Waals surface area contributed by atoms with E-state index in [0.29, 0.717) is 17.8 Å². The first-order chi connectivity index (χ1) is 8.70. The van der Waals surface area contributed by atoms with Gasteiger partial charge in [0.25, 0.3) is 0 Å². The third kappa shape index (κ3) is 2.84. The van der Waals surface area contributed by atoms with Gasteiger partial charge < -0.3 is 10.1 Å². The van der Waals surface area contributed by atoms with Crippen molar-refractivity contribution in [2.75, 3.05) is 12.4 Å². The number of benzene rings is 1. The van der Waals surface area contributed by atoms with Gasteiger partial charge in [-0.05, 0) is 18.2 Å². The van der Waals surface area contributed by atoms with Gasteiger partial charge in [-0.25, -0.2) is 14.2 Å². The Kier molecular flexibility index (Phi) is 3.88. The molecule has 94 valence electrons. The summed E-state index contributed by atoms with van der Waals surface area (Å²) in [5, 5.41) is 4.85. The summed E-state index contributed by atoms with van der Waals surface area (Å²) in [5.41, 5.74) is 3.24. The molecule has 6 heteroatoms. The third-order valence-corrected chi connectivity index (χ3v) is 2.97. The maximum absolute atomic E-state index is 13.2. The Bertz CT molecular complexity index is 543. The van der Waals surface area contributed by atoms with E-state index in [-0.39, 0.29) is 0 Å². The molecule has 2 rings (SSSR count). The number of nitrogens with zero attached hydrogens (tertiary/aromatic N) is 1. The second-order valence-electron chi connectivity index (χ2n) is 3.51. The topological polar surface area (TPSA) is 51.2 Å². The molecule has 1 N–H and O–H groups in total. The zero-order valence-electron chi connectivity index (χ0n) is 9.64. The summed E-state index contributed by atoms with van der Waals surface area (Å²) in [5.74, 6) is -0.917. The van der Waals surface area contributed by atoms with Gasteiger partial charge in [0.05, 0.1) is 36.1 Å². The van der Waals surface area contributed by atoms with Crippen LogP contribution in [0.4, 0.5) is 10.1 Å². The molecule has 0 aliphatic carbocycles. The van der Waals surface area contributed by atoms with E-state index < -0.39 is 11.8 Å². The van der Waals surface area contributed by atoms with Gasteiger partial charge in [-0.3, -0.25) is 0 Å². The minimum atomic E-state index is -0.504. The Morgan fingerprint density at radius 3 is 3.06 bits per heavy atom. The van der Waals surface area contributed by atoms with E-state index in [2.05, 4.69) is 15.0 Å². The summed E-state index contributed by atoms with van der Waals surface area (Å²) < 4.78 is 17.8. The number of thiazole rings is 1. The van der Waals surface area contributed by atoms with Crippen LogP contribution in [0.2, 0.25) is 0 Å². The number of ether oxygens (including phenoxy) is 1. The van der Waals surface area contributed by atoms with Gasteiger partial charge in [0, 0.05) is 5.38 Å². The number of esters is 1. The van der Waals surface area contributed by atoms with Crippen molar-refractivity contribution in [2.45, 2.75) is 6.54 Å². The largest absolute Gasteiger partial charge is 0.465 e. The number of hydrogen-bond donors (Lipinski definition) is 1. The molecule has 0 saturated carbocycles. The van der Waals surface area contributed by atoms with Crippen LogP contribution < -0.4 is 5.32 Å². The van der Waals surface area contributed by atoms with Crippen LogP contribution in [0, 0.1) is 5.82 Å². The van der Waals surface area contributed by atoms with E-state index >= 15 is 0 Å². The molecule has 0 radical (unpaired) electrons. The van der Waals surface area contributed by atoms with Gasteiger partial charge in [-0.15, -0.1) is 11.3 Å². The van der Waals surface area contributed by atoms with E-state index in [1.807, 2.05) is 5.38 Å². The van der Waals surface area contributed by atoms with E-state index in [0.717, 1.165) is 5.69 Å². The predicted molar refractivity (Wildman–Crippen MR) is 67.2 cm³/mol. The zero-order chi connectivity index (χ0) is 13.0. The molecule has 0 atom stereocenters. The van der Waals surface area contributed by atoms with Gasteiger partial charge >= 0.3 is 5.97 Å². The Balaban J connectivity index is 2.19. The maximum Gasteiger partial charge on any atom is 0.339 e. The number of halogens is 1. The maximum atomic E-state index is 13.2. The van der Waals surface area contributed by atoms with Crippen molar-refractivity contribution in [3.63, 3.8) is 0 Å². The molecular weight excluding hydrogens is 255 g/mol. The fraction of sp³-hybridized carbons (Fsp3) is 0.167. The highest BCUT2D eigenvalue weighted by Crippen LogP contribution is 2.19. The molecule has 18 heavy (non-hydrogen) atoms. The minimum absolute atomic E-state index is 0.300. The van der Waals surface area contributed by atoms with Crippen molar-refractivity contribution in [1.82, 2.24) is 4.98 Å². The van der Waals surface area contributed by atoms with Crippen molar-refractivity contribution in [3.8, 4) is 0 Å². The van der Waals surface area contributed by atoms with E-state index in [4.69, 9.17) is 0 Å². The zero-order valence-corrected chi connectivity index (χ0v) is 10.5. The van der Waals surface area contributed by atoms with Crippen molar-refractivity contribution in [1.29, 1.82) is 0 Å². The van der Waals surface area contributed by atoms with E-state index in [9.17, 15) is 9.18 Å². The smallest absolute Gasteiger partial charge is 0.339 e. The van der Waals surface area contributed by atoms with Gasteiger partial charge in [-0.1, -0.05) is 0 Å². The molecule has 0 saturated heterocycles. The number of methoxy groups -OCH3 is 1. The van der Waals surface area contributed by atoms with E-state index in [1.54, 1.807) is 5.51 Å². The molecule has 1 aromatic carbocycles. The lowest BCUT2D eigenvalue weighted by Gasteiger charge is -2.09. The summed E-state index contributed by atoms with van der Waals surface area (Å²) in [7, 11) is 1.29. The van der Waals surface area contributed by atoms with Crippen LogP contribution in [0.3, 0.4) is 0 Å². The Morgan fingerprint density at radius 2 is 2.39 bits per heavy atom. The van der Waals surface area contributed by atoms with Gasteiger partial charge in [0.15, 0.2) is 0 Å². The molecule has 0 aliphatic heterocycles. The average Bonchev–Trinajstić information content (AvgIpc) is 2.88. The predicted octanol–water partition coefficient (Wildman–Crippen LogP) is 2.68. The molecule has 0 fully saturated rings. The number of carbonyl (C=O) groups is 1. The summed E-state index contributed by atoms with van der Waals surface area (Å²) >= 11 is 1.48. The SMILES string of the molecule is COC(=O)c1ccc(F)cc1NCc1cscn1. The van der Waals surface area contributed by atoms with Crippen LogP contribution >= 0.6 is 11.3 Å². The third-order valence-electron chi connectivity index (χ3n) is 2.33. The van der Waals surface area contributed by atoms with Crippen molar-refractivity contribution < 1.29 is 13.9 Å². The summed E-state index contributed by atoms with van der Waals surface area (Å²) in [6.45, 7) is 0.428. The molecule has 1 aromatic heterocycles. The quantitative estimate of drug-likeness (QED) is 0.864. The van der Waals surface area contributed by atoms with Gasteiger partial charge in [0.1, 0.15) is 5.82 Å². The summed E-state index contributed by atoms with van der Waals surface area (Å²) in [4.78, 5) is 15.6. The van der Waals surface area contributed by atoms with Gasteiger partial charge in [-0.2, -0.15) is 0 Å². The van der Waals surface area contributed by atoms with Crippen LogP contribution in [0.5, 0.6) is 0 Å². The average molecular weight is 266 g/mol. The van der Waals surface area contributed by atoms with Crippen molar-refractivity contribution >= 4 is 23.0 Å².